The number of carbonyl (C=O) groups is 1. The molecule has 1 heterocycles. The summed E-state index contributed by atoms with van der Waals surface area (Å²) in [6.07, 6.45) is 3.86. The summed E-state index contributed by atoms with van der Waals surface area (Å²) in [6, 6.07) is 6.35. The Bertz CT molecular complexity index is 444. The van der Waals surface area contributed by atoms with Gasteiger partial charge in [-0.05, 0) is 57.7 Å². The zero-order valence-electron chi connectivity index (χ0n) is 11.7. The highest BCUT2D eigenvalue weighted by atomic mass is 16.1. The molecule has 0 spiro atoms. The molecule has 1 atom stereocenters. The van der Waals surface area contributed by atoms with Gasteiger partial charge in [0.25, 0.3) is 0 Å². The van der Waals surface area contributed by atoms with Gasteiger partial charge < -0.3 is 5.32 Å². The number of rotatable bonds is 3. The number of aryl methyl sites for hydroxylation is 2. The molecule has 0 aromatic heterocycles. The quantitative estimate of drug-likeness (QED) is 0.887. The zero-order chi connectivity index (χ0) is 13.2. The van der Waals surface area contributed by atoms with E-state index in [4.69, 9.17) is 0 Å². The van der Waals surface area contributed by atoms with Crippen molar-refractivity contribution in [3.05, 3.63) is 34.9 Å². The summed E-state index contributed by atoms with van der Waals surface area (Å²) >= 11 is 0. The molecule has 2 heteroatoms. The van der Waals surface area contributed by atoms with Gasteiger partial charge in [0.1, 0.15) is 0 Å². The van der Waals surface area contributed by atoms with Gasteiger partial charge in [-0.2, -0.15) is 0 Å². The topological polar surface area (TPSA) is 29.1 Å². The van der Waals surface area contributed by atoms with Crippen LogP contribution in [0.15, 0.2) is 18.2 Å². The number of hydrogen-bond acceptors (Lipinski definition) is 2. The summed E-state index contributed by atoms with van der Waals surface area (Å²) in [7, 11) is 0. The van der Waals surface area contributed by atoms with E-state index in [1.807, 2.05) is 0 Å². The van der Waals surface area contributed by atoms with Crippen molar-refractivity contribution in [3.8, 4) is 0 Å². The van der Waals surface area contributed by atoms with E-state index in [2.05, 4.69) is 44.3 Å². The smallest absolute Gasteiger partial charge is 0.156 e. The largest absolute Gasteiger partial charge is 0.305 e. The lowest BCUT2D eigenvalue weighted by molar-refractivity contribution is -0.125. The summed E-state index contributed by atoms with van der Waals surface area (Å²) in [5, 5.41) is 3.40. The molecule has 1 aliphatic heterocycles. The first-order valence-electron chi connectivity index (χ1n) is 6.86. The van der Waals surface area contributed by atoms with Gasteiger partial charge in [0.05, 0.1) is 5.54 Å². The first kappa shape index (κ1) is 13.3. The van der Waals surface area contributed by atoms with Crippen LogP contribution < -0.4 is 5.32 Å². The molecule has 1 N–H and O–H groups in total. The maximum Gasteiger partial charge on any atom is 0.156 e. The van der Waals surface area contributed by atoms with Crippen LogP contribution in [0.3, 0.4) is 0 Å². The van der Waals surface area contributed by atoms with Gasteiger partial charge >= 0.3 is 0 Å². The highest BCUT2D eigenvalue weighted by Gasteiger charge is 2.33. The van der Waals surface area contributed by atoms with E-state index >= 15 is 0 Å². The predicted molar refractivity (Wildman–Crippen MR) is 74.9 cm³/mol. The van der Waals surface area contributed by atoms with E-state index in [1.165, 1.54) is 23.1 Å². The fourth-order valence-corrected chi connectivity index (χ4v) is 2.65. The minimum absolute atomic E-state index is 0.311. The van der Waals surface area contributed by atoms with Crippen molar-refractivity contribution in [1.29, 1.82) is 0 Å². The van der Waals surface area contributed by atoms with Crippen molar-refractivity contribution in [2.45, 2.75) is 52.0 Å². The Hall–Kier alpha value is -1.15. The molecule has 1 aliphatic rings. The Labute approximate surface area is 110 Å². The molecular formula is C16H23NO. The molecule has 18 heavy (non-hydrogen) atoms. The lowest BCUT2D eigenvalue weighted by Gasteiger charge is -2.33. The minimum Gasteiger partial charge on any atom is -0.305 e. The SMILES string of the molecule is Cc1ccc(C)c(CC(=O)C2(C)CCCCN2)c1. The van der Waals surface area contributed by atoms with Crippen LogP contribution >= 0.6 is 0 Å². The third-order valence-corrected chi connectivity index (χ3v) is 4.09. The number of Topliss-reactive ketones (excluding diaryl/α,β-unsaturated/α-hetero) is 1. The molecule has 1 fully saturated rings. The van der Waals surface area contributed by atoms with E-state index in [-0.39, 0.29) is 5.54 Å². The molecule has 0 amide bonds. The van der Waals surface area contributed by atoms with Crippen LogP contribution in [0.2, 0.25) is 0 Å². The van der Waals surface area contributed by atoms with Crippen molar-refractivity contribution in [2.24, 2.45) is 0 Å². The van der Waals surface area contributed by atoms with E-state index < -0.39 is 0 Å². The predicted octanol–water partition coefficient (Wildman–Crippen LogP) is 2.95. The molecule has 98 valence electrons. The molecule has 1 aromatic rings. The van der Waals surface area contributed by atoms with Gasteiger partial charge in [0.2, 0.25) is 0 Å². The molecule has 0 aliphatic carbocycles. The molecule has 0 saturated carbocycles. The summed E-state index contributed by atoms with van der Waals surface area (Å²) in [5.41, 5.74) is 3.31. The molecule has 1 saturated heterocycles. The second-order valence-corrected chi connectivity index (χ2v) is 5.75. The third kappa shape index (κ3) is 2.81. The normalized spacial score (nSPS) is 23.9. The Balaban J connectivity index is 2.13. The van der Waals surface area contributed by atoms with Crippen LogP contribution in [0.25, 0.3) is 0 Å². The number of carbonyl (C=O) groups excluding carboxylic acids is 1. The average Bonchev–Trinajstić information content (AvgIpc) is 2.35. The van der Waals surface area contributed by atoms with E-state index in [1.54, 1.807) is 0 Å². The van der Waals surface area contributed by atoms with E-state index in [0.717, 1.165) is 19.4 Å². The lowest BCUT2D eigenvalue weighted by atomic mass is 9.83. The number of hydrogen-bond donors (Lipinski definition) is 1. The number of benzene rings is 1. The number of ketones is 1. The minimum atomic E-state index is -0.311. The molecule has 1 aromatic carbocycles. The van der Waals surface area contributed by atoms with Gasteiger partial charge in [-0.15, -0.1) is 0 Å². The van der Waals surface area contributed by atoms with E-state index in [0.29, 0.717) is 12.2 Å². The Morgan fingerprint density at radius 1 is 1.33 bits per heavy atom. The van der Waals surface area contributed by atoms with Crippen LogP contribution in [0, 0.1) is 13.8 Å². The van der Waals surface area contributed by atoms with Crippen molar-refractivity contribution >= 4 is 5.78 Å². The van der Waals surface area contributed by atoms with Crippen LogP contribution in [0.5, 0.6) is 0 Å². The monoisotopic (exact) mass is 245 g/mol. The van der Waals surface area contributed by atoms with E-state index in [9.17, 15) is 4.79 Å². The standard InChI is InChI=1S/C16H23NO/c1-12-6-7-13(2)14(10-12)11-15(18)16(3)8-4-5-9-17-16/h6-7,10,17H,4-5,8-9,11H2,1-3H3. The first-order valence-corrected chi connectivity index (χ1v) is 6.86. The summed E-state index contributed by atoms with van der Waals surface area (Å²) in [6.45, 7) is 7.18. The van der Waals surface area contributed by atoms with Gasteiger partial charge in [0, 0.05) is 6.42 Å². The second kappa shape index (κ2) is 5.23. The Morgan fingerprint density at radius 2 is 2.11 bits per heavy atom. The Morgan fingerprint density at radius 3 is 2.78 bits per heavy atom. The fraction of sp³-hybridized carbons (Fsp3) is 0.562. The molecule has 0 radical (unpaired) electrons. The van der Waals surface area contributed by atoms with Crippen LogP contribution in [0.4, 0.5) is 0 Å². The average molecular weight is 245 g/mol. The van der Waals surface area contributed by atoms with Crippen molar-refractivity contribution in [3.63, 3.8) is 0 Å². The maximum absolute atomic E-state index is 12.5. The van der Waals surface area contributed by atoms with Crippen molar-refractivity contribution < 1.29 is 4.79 Å². The van der Waals surface area contributed by atoms with Crippen LogP contribution in [0.1, 0.15) is 42.9 Å². The first-order chi connectivity index (χ1) is 8.51. The van der Waals surface area contributed by atoms with Crippen molar-refractivity contribution in [1.82, 2.24) is 5.32 Å². The lowest BCUT2D eigenvalue weighted by Crippen LogP contribution is -2.52. The van der Waals surface area contributed by atoms with Gasteiger partial charge in [-0.1, -0.05) is 23.8 Å². The summed E-state index contributed by atoms with van der Waals surface area (Å²) in [4.78, 5) is 12.5. The van der Waals surface area contributed by atoms with Gasteiger partial charge in [-0.3, -0.25) is 4.79 Å². The molecule has 1 unspecified atom stereocenters. The summed E-state index contributed by atoms with van der Waals surface area (Å²) in [5.74, 6) is 0.330. The zero-order valence-corrected chi connectivity index (χ0v) is 11.7. The fourth-order valence-electron chi connectivity index (χ4n) is 2.65. The molecule has 0 bridgehead atoms. The highest BCUT2D eigenvalue weighted by molar-refractivity contribution is 5.90. The third-order valence-electron chi connectivity index (χ3n) is 4.09. The number of nitrogens with one attached hydrogen (secondary N) is 1. The summed E-state index contributed by atoms with van der Waals surface area (Å²) < 4.78 is 0. The Kier molecular flexibility index (Phi) is 3.86. The highest BCUT2D eigenvalue weighted by Crippen LogP contribution is 2.22. The second-order valence-electron chi connectivity index (χ2n) is 5.75. The van der Waals surface area contributed by atoms with Crippen molar-refractivity contribution in [2.75, 3.05) is 6.54 Å². The molecule has 2 rings (SSSR count). The maximum atomic E-state index is 12.5. The van der Waals surface area contributed by atoms with Crippen LogP contribution in [-0.2, 0) is 11.2 Å². The molecule has 2 nitrogen and oxygen atoms in total. The number of piperidine rings is 1. The van der Waals surface area contributed by atoms with Gasteiger partial charge in [-0.25, -0.2) is 0 Å². The molecular weight excluding hydrogens is 222 g/mol. The van der Waals surface area contributed by atoms with Crippen LogP contribution in [-0.4, -0.2) is 17.9 Å². The van der Waals surface area contributed by atoms with Gasteiger partial charge in [0.15, 0.2) is 5.78 Å².